The molecule has 22 heavy (non-hydrogen) atoms. The van der Waals surface area contributed by atoms with Crippen molar-refractivity contribution in [3.05, 3.63) is 52.2 Å². The van der Waals surface area contributed by atoms with E-state index in [1.165, 1.54) is 0 Å². The van der Waals surface area contributed by atoms with Gasteiger partial charge in [0, 0.05) is 43.2 Å². The maximum absolute atomic E-state index is 12.2. The van der Waals surface area contributed by atoms with Gasteiger partial charge in [0.1, 0.15) is 0 Å². The molecule has 0 fully saturated rings. The molecule has 2 aromatic heterocycles. The molecule has 0 aliphatic rings. The number of aliphatic hydroxyl groups excluding tert-OH is 1. The molecule has 0 amide bonds. The fraction of sp³-hybridized carbons (Fsp3) is 0.438. The molecule has 0 saturated carbocycles. The third-order valence-electron chi connectivity index (χ3n) is 3.61. The Kier molecular flexibility index (Phi) is 6.09. The molecule has 2 heterocycles. The van der Waals surface area contributed by atoms with Gasteiger partial charge in [0.15, 0.2) is 0 Å². The first-order valence-corrected chi connectivity index (χ1v) is 7.56. The molecule has 0 saturated heterocycles. The van der Waals surface area contributed by atoms with Crippen LogP contribution in [0.3, 0.4) is 0 Å². The number of nitrogens with one attached hydrogen (secondary N) is 2. The molecule has 118 valence electrons. The summed E-state index contributed by atoms with van der Waals surface area (Å²) in [7, 11) is 0. The van der Waals surface area contributed by atoms with E-state index in [1.807, 2.05) is 19.1 Å². The van der Waals surface area contributed by atoms with Gasteiger partial charge in [0.25, 0.3) is 5.56 Å². The maximum atomic E-state index is 12.2. The summed E-state index contributed by atoms with van der Waals surface area (Å²) in [6, 6.07) is 3.81. The third-order valence-corrected chi connectivity index (χ3v) is 3.61. The minimum Gasteiger partial charge on any atom is -0.396 e. The van der Waals surface area contributed by atoms with Crippen LogP contribution in [0.4, 0.5) is 5.95 Å². The van der Waals surface area contributed by atoms with Gasteiger partial charge in [-0.05, 0) is 30.9 Å². The molecular formula is C16H22N4O2. The van der Waals surface area contributed by atoms with Gasteiger partial charge in [-0.25, -0.2) is 4.98 Å². The van der Waals surface area contributed by atoms with Crippen molar-refractivity contribution in [2.45, 2.75) is 32.1 Å². The Bertz CT molecular complexity index is 628. The largest absolute Gasteiger partial charge is 0.396 e. The van der Waals surface area contributed by atoms with E-state index in [0.29, 0.717) is 11.5 Å². The molecule has 6 nitrogen and oxygen atoms in total. The van der Waals surface area contributed by atoms with E-state index in [9.17, 15) is 4.79 Å². The van der Waals surface area contributed by atoms with E-state index in [-0.39, 0.29) is 18.1 Å². The molecule has 1 unspecified atom stereocenters. The minimum atomic E-state index is -0.135. The van der Waals surface area contributed by atoms with Crippen LogP contribution in [-0.4, -0.2) is 33.2 Å². The van der Waals surface area contributed by atoms with E-state index in [4.69, 9.17) is 5.11 Å². The molecule has 0 spiro atoms. The average Bonchev–Trinajstić information content (AvgIpc) is 2.55. The number of nitrogens with zero attached hydrogens (tertiary/aromatic N) is 2. The van der Waals surface area contributed by atoms with Gasteiger partial charge in [-0.3, -0.25) is 14.8 Å². The highest BCUT2D eigenvalue weighted by Crippen LogP contribution is 2.19. The Morgan fingerprint density at radius 3 is 2.86 bits per heavy atom. The van der Waals surface area contributed by atoms with Gasteiger partial charge in [-0.1, -0.05) is 13.0 Å². The van der Waals surface area contributed by atoms with Crippen LogP contribution in [0.1, 0.15) is 43.2 Å². The topological polar surface area (TPSA) is 90.9 Å². The Labute approximate surface area is 129 Å². The number of unbranched alkanes of at least 4 members (excludes halogenated alkanes) is 2. The van der Waals surface area contributed by atoms with Crippen LogP contribution in [0.15, 0.2) is 35.5 Å². The first-order valence-electron chi connectivity index (χ1n) is 7.56. The number of hydrogen-bond acceptors (Lipinski definition) is 5. The van der Waals surface area contributed by atoms with Gasteiger partial charge in [-0.2, -0.15) is 0 Å². The van der Waals surface area contributed by atoms with Crippen LogP contribution in [0.25, 0.3) is 0 Å². The summed E-state index contributed by atoms with van der Waals surface area (Å²) in [5, 5.41) is 11.8. The monoisotopic (exact) mass is 302 g/mol. The van der Waals surface area contributed by atoms with Crippen molar-refractivity contribution >= 4 is 5.95 Å². The van der Waals surface area contributed by atoms with Crippen molar-refractivity contribution in [1.82, 2.24) is 15.0 Å². The van der Waals surface area contributed by atoms with Crippen molar-refractivity contribution < 1.29 is 5.11 Å². The number of rotatable bonds is 8. The van der Waals surface area contributed by atoms with Crippen LogP contribution in [0.2, 0.25) is 0 Å². The molecule has 0 aliphatic heterocycles. The van der Waals surface area contributed by atoms with Crippen LogP contribution in [0.5, 0.6) is 0 Å². The predicted molar refractivity (Wildman–Crippen MR) is 86.0 cm³/mol. The summed E-state index contributed by atoms with van der Waals surface area (Å²) >= 11 is 0. The van der Waals surface area contributed by atoms with Crippen LogP contribution in [0, 0.1) is 0 Å². The predicted octanol–water partition coefficient (Wildman–Crippen LogP) is 1.89. The lowest BCUT2D eigenvalue weighted by Crippen LogP contribution is -2.19. The first-order chi connectivity index (χ1) is 10.7. The second-order valence-electron chi connectivity index (χ2n) is 5.24. The zero-order valence-electron chi connectivity index (χ0n) is 12.7. The average molecular weight is 302 g/mol. The van der Waals surface area contributed by atoms with Crippen molar-refractivity contribution in [2.24, 2.45) is 0 Å². The molecule has 2 rings (SSSR count). The Morgan fingerprint density at radius 1 is 1.32 bits per heavy atom. The highest BCUT2D eigenvalue weighted by molar-refractivity contribution is 5.30. The summed E-state index contributed by atoms with van der Waals surface area (Å²) in [5.41, 5.74) is 1.47. The highest BCUT2D eigenvalue weighted by atomic mass is 16.2. The summed E-state index contributed by atoms with van der Waals surface area (Å²) in [4.78, 5) is 23.3. The number of aliphatic hydroxyl groups is 1. The van der Waals surface area contributed by atoms with E-state index < -0.39 is 0 Å². The fourth-order valence-electron chi connectivity index (χ4n) is 2.24. The fourth-order valence-corrected chi connectivity index (χ4v) is 2.24. The first kappa shape index (κ1) is 16.2. The number of H-pyrrole nitrogens is 1. The van der Waals surface area contributed by atoms with Crippen LogP contribution >= 0.6 is 0 Å². The SMILES string of the molecule is CC(c1cccnc1)c1cnc(NCCCCCO)[nH]c1=O. The summed E-state index contributed by atoms with van der Waals surface area (Å²) in [6.07, 6.45) is 7.77. The number of aromatic nitrogens is 3. The summed E-state index contributed by atoms with van der Waals surface area (Å²) < 4.78 is 0. The zero-order chi connectivity index (χ0) is 15.8. The van der Waals surface area contributed by atoms with E-state index in [0.717, 1.165) is 31.4 Å². The van der Waals surface area contributed by atoms with Gasteiger partial charge in [-0.15, -0.1) is 0 Å². The molecule has 1 atom stereocenters. The van der Waals surface area contributed by atoms with Crippen LogP contribution in [-0.2, 0) is 0 Å². The zero-order valence-corrected chi connectivity index (χ0v) is 12.7. The molecule has 2 aromatic rings. The lowest BCUT2D eigenvalue weighted by Gasteiger charge is -2.11. The highest BCUT2D eigenvalue weighted by Gasteiger charge is 2.13. The molecule has 6 heteroatoms. The molecule has 0 radical (unpaired) electrons. The molecule has 0 aliphatic carbocycles. The number of pyridine rings is 1. The molecule has 0 aromatic carbocycles. The van der Waals surface area contributed by atoms with Gasteiger partial charge < -0.3 is 10.4 Å². The maximum Gasteiger partial charge on any atom is 0.256 e. The molecule has 0 bridgehead atoms. The quantitative estimate of drug-likeness (QED) is 0.648. The normalized spacial score (nSPS) is 12.1. The summed E-state index contributed by atoms with van der Waals surface area (Å²) in [6.45, 7) is 2.90. The van der Waals surface area contributed by atoms with Crippen molar-refractivity contribution in [1.29, 1.82) is 0 Å². The van der Waals surface area contributed by atoms with E-state index in [2.05, 4.69) is 20.3 Å². The molecular weight excluding hydrogens is 280 g/mol. The Hall–Kier alpha value is -2.21. The standard InChI is InChI=1S/C16H22N4O2/c1-12(13-6-5-7-17-10-13)14-11-19-16(20-15(14)22)18-8-3-2-4-9-21/h5-7,10-12,21H,2-4,8-9H2,1H3,(H2,18,19,20,22). The second kappa shape index (κ2) is 8.29. The smallest absolute Gasteiger partial charge is 0.256 e. The van der Waals surface area contributed by atoms with Gasteiger partial charge >= 0.3 is 0 Å². The minimum absolute atomic E-state index is 0.0523. The van der Waals surface area contributed by atoms with Crippen LogP contribution < -0.4 is 10.9 Å². The number of aromatic amines is 1. The van der Waals surface area contributed by atoms with Crippen molar-refractivity contribution in [3.63, 3.8) is 0 Å². The number of hydrogen-bond donors (Lipinski definition) is 3. The number of anilines is 1. The lowest BCUT2D eigenvalue weighted by atomic mass is 9.97. The Morgan fingerprint density at radius 2 is 2.18 bits per heavy atom. The van der Waals surface area contributed by atoms with Gasteiger partial charge in [0.2, 0.25) is 5.95 Å². The molecule has 3 N–H and O–H groups in total. The second-order valence-corrected chi connectivity index (χ2v) is 5.24. The van der Waals surface area contributed by atoms with E-state index in [1.54, 1.807) is 18.6 Å². The van der Waals surface area contributed by atoms with Gasteiger partial charge in [0.05, 0.1) is 0 Å². The summed E-state index contributed by atoms with van der Waals surface area (Å²) in [5.74, 6) is 0.430. The van der Waals surface area contributed by atoms with Crippen molar-refractivity contribution in [2.75, 3.05) is 18.5 Å². The third kappa shape index (κ3) is 4.39. The lowest BCUT2D eigenvalue weighted by molar-refractivity contribution is 0.283. The van der Waals surface area contributed by atoms with Crippen molar-refractivity contribution in [3.8, 4) is 0 Å². The Balaban J connectivity index is 1.99. The van der Waals surface area contributed by atoms with E-state index >= 15 is 0 Å².